The van der Waals surface area contributed by atoms with E-state index in [1.807, 2.05) is 0 Å². The molecule has 0 atom stereocenters. The van der Waals surface area contributed by atoms with Gasteiger partial charge in [-0.05, 0) is 24.6 Å². The van der Waals surface area contributed by atoms with Gasteiger partial charge in [0.15, 0.2) is 0 Å². The molecule has 48 valence electrons. The van der Waals surface area contributed by atoms with Crippen molar-refractivity contribution < 1.29 is 4.39 Å². The highest BCUT2D eigenvalue weighted by Crippen LogP contribution is 1.97. The van der Waals surface area contributed by atoms with Crippen LogP contribution in [-0.4, -0.2) is 12.0 Å². The summed E-state index contributed by atoms with van der Waals surface area (Å²) < 4.78 is 11.4. The molecule has 0 spiro atoms. The molecule has 0 unspecified atom stereocenters. The second-order valence-corrected chi connectivity index (χ2v) is 2.04. The molecule has 0 N–H and O–H groups in total. The minimum atomic E-state index is -0.183. The molecule has 0 aromatic rings. The van der Waals surface area contributed by atoms with Gasteiger partial charge in [0, 0.05) is 0 Å². The van der Waals surface area contributed by atoms with Gasteiger partial charge in [0.1, 0.15) is 0 Å². The molecule has 0 saturated heterocycles. The third kappa shape index (κ3) is 6.02. The molecule has 2 heteroatoms. The van der Waals surface area contributed by atoms with Crippen LogP contribution in [0.1, 0.15) is 25.7 Å². The lowest BCUT2D eigenvalue weighted by molar-refractivity contribution is 0.458. The van der Waals surface area contributed by atoms with E-state index in [1.165, 1.54) is 0 Å². The van der Waals surface area contributed by atoms with Crippen LogP contribution in [0.25, 0.3) is 0 Å². The van der Waals surface area contributed by atoms with Crippen LogP contribution in [0.5, 0.6) is 0 Å². The number of rotatable bonds is 5. The van der Waals surface area contributed by atoms with Crippen LogP contribution < -0.4 is 0 Å². The Morgan fingerprint density at radius 3 is 2.50 bits per heavy atom. The van der Waals surface area contributed by atoms with Crippen molar-refractivity contribution in [2.75, 3.05) is 6.67 Å². The van der Waals surface area contributed by atoms with Gasteiger partial charge in [-0.25, -0.2) is 0 Å². The fourth-order valence-corrected chi connectivity index (χ4v) is 0.666. The first-order valence-electron chi connectivity index (χ1n) is 2.91. The molecule has 0 aromatic heterocycles. The number of hydrogen-bond acceptors (Lipinski definition) is 1. The Morgan fingerprint density at radius 2 is 2.00 bits per heavy atom. The second kappa shape index (κ2) is 7.02. The van der Waals surface area contributed by atoms with E-state index in [0.29, 0.717) is 6.42 Å². The van der Waals surface area contributed by atoms with Crippen molar-refractivity contribution in [1.82, 2.24) is 0 Å². The number of thiocarbonyl (C=S) groups is 1. The van der Waals surface area contributed by atoms with Crippen molar-refractivity contribution in [2.24, 2.45) is 0 Å². The zero-order valence-corrected chi connectivity index (χ0v) is 5.72. The van der Waals surface area contributed by atoms with E-state index >= 15 is 0 Å². The van der Waals surface area contributed by atoms with E-state index in [1.54, 1.807) is 5.37 Å². The molecule has 0 bridgehead atoms. The molecule has 0 rings (SSSR count). The number of hydrogen-bond donors (Lipinski definition) is 0. The molecule has 0 amide bonds. The summed E-state index contributed by atoms with van der Waals surface area (Å²) in [4.78, 5) is 0. The smallest absolute Gasteiger partial charge is 0.0894 e. The van der Waals surface area contributed by atoms with Crippen molar-refractivity contribution in [1.29, 1.82) is 0 Å². The predicted octanol–water partition coefficient (Wildman–Crippen LogP) is 2.52. The van der Waals surface area contributed by atoms with Gasteiger partial charge in [0.2, 0.25) is 0 Å². The summed E-state index contributed by atoms with van der Waals surface area (Å²) in [6.45, 7) is -0.183. The van der Waals surface area contributed by atoms with E-state index in [9.17, 15) is 4.39 Å². The van der Waals surface area contributed by atoms with Crippen molar-refractivity contribution in [2.45, 2.75) is 25.7 Å². The van der Waals surface area contributed by atoms with Crippen LogP contribution in [0, 0.1) is 0 Å². The second-order valence-electron chi connectivity index (χ2n) is 1.70. The average molecular weight is 134 g/mol. The van der Waals surface area contributed by atoms with Gasteiger partial charge in [-0.2, -0.15) is 0 Å². The molecule has 0 saturated carbocycles. The van der Waals surface area contributed by atoms with Gasteiger partial charge in [0.25, 0.3) is 0 Å². The molecule has 0 fully saturated rings. The Labute approximate surface area is 55.1 Å². The van der Waals surface area contributed by atoms with E-state index in [0.717, 1.165) is 19.3 Å². The van der Waals surface area contributed by atoms with Crippen molar-refractivity contribution in [3.05, 3.63) is 0 Å². The maximum absolute atomic E-state index is 11.4. The SMILES string of the molecule is FCCCCCC=S. The van der Waals surface area contributed by atoms with Crippen LogP contribution in [0.15, 0.2) is 0 Å². The van der Waals surface area contributed by atoms with Crippen LogP contribution >= 0.6 is 12.2 Å². The Bertz CT molecular complexity index is 54.5. The quantitative estimate of drug-likeness (QED) is 0.411. The van der Waals surface area contributed by atoms with Crippen LogP contribution in [-0.2, 0) is 0 Å². The van der Waals surface area contributed by atoms with Crippen LogP contribution in [0.2, 0.25) is 0 Å². The fourth-order valence-electron chi connectivity index (χ4n) is 0.499. The summed E-state index contributed by atoms with van der Waals surface area (Å²) in [5.41, 5.74) is 0. The van der Waals surface area contributed by atoms with Crippen molar-refractivity contribution in [3.8, 4) is 0 Å². The lowest BCUT2D eigenvalue weighted by Gasteiger charge is -1.89. The fraction of sp³-hybridized carbons (Fsp3) is 0.833. The zero-order chi connectivity index (χ0) is 6.24. The first kappa shape index (κ1) is 8.02. The molecule has 0 heterocycles. The third-order valence-corrected chi connectivity index (χ3v) is 1.19. The van der Waals surface area contributed by atoms with Gasteiger partial charge in [-0.15, -0.1) is 0 Å². The summed E-state index contributed by atoms with van der Waals surface area (Å²) in [6, 6.07) is 0. The molecular formula is C6H11FS. The van der Waals surface area contributed by atoms with Gasteiger partial charge in [-0.1, -0.05) is 18.6 Å². The lowest BCUT2D eigenvalue weighted by Crippen LogP contribution is -1.78. The summed E-state index contributed by atoms with van der Waals surface area (Å²) in [5.74, 6) is 0. The predicted molar refractivity (Wildman–Crippen MR) is 38.1 cm³/mol. The standard InChI is InChI=1S/C6H11FS/c7-5-3-1-2-4-6-8/h6H,1-5H2. The highest BCUT2D eigenvalue weighted by atomic mass is 32.1. The first-order chi connectivity index (χ1) is 3.91. The van der Waals surface area contributed by atoms with Crippen molar-refractivity contribution in [3.63, 3.8) is 0 Å². The summed E-state index contributed by atoms with van der Waals surface area (Å²) in [7, 11) is 0. The Kier molecular flexibility index (Phi) is 7.04. The highest BCUT2D eigenvalue weighted by molar-refractivity contribution is 7.78. The monoisotopic (exact) mass is 134 g/mol. The number of alkyl halides is 1. The molecule has 0 aliphatic heterocycles. The minimum Gasteiger partial charge on any atom is -0.251 e. The molecule has 0 nitrogen and oxygen atoms in total. The van der Waals surface area contributed by atoms with Gasteiger partial charge in [-0.3, -0.25) is 4.39 Å². The van der Waals surface area contributed by atoms with E-state index < -0.39 is 0 Å². The molecular weight excluding hydrogens is 123 g/mol. The normalized spacial score (nSPS) is 9.12. The zero-order valence-electron chi connectivity index (χ0n) is 4.90. The first-order valence-corrected chi connectivity index (χ1v) is 3.38. The summed E-state index contributed by atoms with van der Waals surface area (Å²) in [6.07, 6.45) is 3.68. The largest absolute Gasteiger partial charge is 0.251 e. The lowest BCUT2D eigenvalue weighted by atomic mass is 10.2. The maximum Gasteiger partial charge on any atom is 0.0894 e. The number of unbranched alkanes of at least 4 members (excludes halogenated alkanes) is 3. The molecule has 0 radical (unpaired) electrons. The van der Waals surface area contributed by atoms with Crippen LogP contribution in [0.4, 0.5) is 4.39 Å². The Hall–Kier alpha value is 0.0200. The van der Waals surface area contributed by atoms with E-state index in [2.05, 4.69) is 12.2 Å². The molecule has 0 aliphatic carbocycles. The Balaban J connectivity index is 2.62. The number of halogens is 1. The molecule has 0 aromatic carbocycles. The summed E-state index contributed by atoms with van der Waals surface area (Å²) in [5, 5.41) is 1.71. The summed E-state index contributed by atoms with van der Waals surface area (Å²) >= 11 is 4.58. The topological polar surface area (TPSA) is 0 Å². The average Bonchev–Trinajstić information content (AvgIpc) is 1.81. The van der Waals surface area contributed by atoms with E-state index in [4.69, 9.17) is 0 Å². The molecule has 8 heavy (non-hydrogen) atoms. The van der Waals surface area contributed by atoms with Gasteiger partial charge < -0.3 is 0 Å². The van der Waals surface area contributed by atoms with Crippen molar-refractivity contribution >= 4 is 17.6 Å². The van der Waals surface area contributed by atoms with Gasteiger partial charge >= 0.3 is 0 Å². The Morgan fingerprint density at radius 1 is 1.25 bits per heavy atom. The highest BCUT2D eigenvalue weighted by Gasteiger charge is 1.83. The van der Waals surface area contributed by atoms with E-state index in [-0.39, 0.29) is 6.67 Å². The van der Waals surface area contributed by atoms with Crippen LogP contribution in [0.3, 0.4) is 0 Å². The maximum atomic E-state index is 11.4. The molecule has 0 aliphatic rings. The van der Waals surface area contributed by atoms with Gasteiger partial charge in [0.05, 0.1) is 6.67 Å². The minimum absolute atomic E-state index is 0.183. The third-order valence-electron chi connectivity index (χ3n) is 0.956.